The van der Waals surface area contributed by atoms with Crippen LogP contribution in [0.3, 0.4) is 0 Å². The van der Waals surface area contributed by atoms with Crippen LogP contribution in [0.15, 0.2) is 54.2 Å². The lowest BCUT2D eigenvalue weighted by Gasteiger charge is -2.03. The molecule has 132 valence electrons. The summed E-state index contributed by atoms with van der Waals surface area (Å²) in [5, 5.41) is 14.5. The first-order valence-electron chi connectivity index (χ1n) is 8.34. The van der Waals surface area contributed by atoms with Gasteiger partial charge in [0, 0.05) is 34.2 Å². The second-order valence-electron chi connectivity index (χ2n) is 6.13. The minimum atomic E-state index is -0.218. The van der Waals surface area contributed by atoms with Gasteiger partial charge in [0.25, 0.3) is 5.91 Å². The van der Waals surface area contributed by atoms with Crippen LogP contribution in [0.4, 0.5) is 5.13 Å². The summed E-state index contributed by atoms with van der Waals surface area (Å²) in [6, 6.07) is 11.6. The minimum Gasteiger partial charge on any atom is -0.360 e. The van der Waals surface area contributed by atoms with E-state index < -0.39 is 0 Å². The Hall–Kier alpha value is -3.52. The van der Waals surface area contributed by atoms with E-state index in [0.717, 1.165) is 28.0 Å². The number of H-pyrrole nitrogens is 1. The van der Waals surface area contributed by atoms with Crippen LogP contribution in [0.5, 0.6) is 0 Å². The number of thiazole rings is 1. The Bertz CT molecular complexity index is 1300. The smallest absolute Gasteiger partial charge is 0.258 e. The van der Waals surface area contributed by atoms with Crippen molar-refractivity contribution in [3.8, 4) is 11.3 Å². The molecular weight excluding hydrogens is 360 g/mol. The molecule has 8 heteroatoms. The van der Waals surface area contributed by atoms with Crippen LogP contribution >= 0.6 is 11.3 Å². The summed E-state index contributed by atoms with van der Waals surface area (Å²) in [5.74, 6) is 0.514. The molecule has 0 aliphatic heterocycles. The van der Waals surface area contributed by atoms with Crippen molar-refractivity contribution in [1.82, 2.24) is 24.6 Å². The molecule has 4 heterocycles. The number of carbonyl (C=O) groups excluding carboxylic acids is 1. The molecule has 0 unspecified atom stereocenters. The average Bonchev–Trinajstić information content (AvgIpc) is 3.40. The third-order valence-corrected chi connectivity index (χ3v) is 5.18. The van der Waals surface area contributed by atoms with E-state index >= 15 is 0 Å². The van der Waals surface area contributed by atoms with E-state index in [1.807, 2.05) is 36.7 Å². The van der Waals surface area contributed by atoms with Crippen LogP contribution in [-0.2, 0) is 0 Å². The van der Waals surface area contributed by atoms with Gasteiger partial charge in [-0.2, -0.15) is 0 Å². The monoisotopic (exact) mass is 374 g/mol. The molecule has 27 heavy (non-hydrogen) atoms. The summed E-state index contributed by atoms with van der Waals surface area (Å²) in [5.41, 5.74) is 4.14. The van der Waals surface area contributed by atoms with Gasteiger partial charge in [-0.25, -0.2) is 4.98 Å². The lowest BCUT2D eigenvalue weighted by molar-refractivity contribution is 0.102. The maximum Gasteiger partial charge on any atom is 0.258 e. The first-order valence-corrected chi connectivity index (χ1v) is 9.22. The summed E-state index contributed by atoms with van der Waals surface area (Å²) in [6.07, 6.45) is 3.67. The zero-order valence-corrected chi connectivity index (χ0v) is 15.1. The first kappa shape index (κ1) is 15.7. The maximum atomic E-state index is 12.6. The van der Waals surface area contributed by atoms with Crippen molar-refractivity contribution in [2.75, 3.05) is 5.32 Å². The SMILES string of the molecule is Cc1nnc2ccc(C(=O)Nc3nc(-c4c[nH]c5ccccc45)cs3)cn12. The molecule has 0 spiro atoms. The number of anilines is 1. The number of rotatable bonds is 3. The highest BCUT2D eigenvalue weighted by molar-refractivity contribution is 7.14. The Kier molecular flexibility index (Phi) is 3.51. The van der Waals surface area contributed by atoms with Gasteiger partial charge in [0.15, 0.2) is 10.8 Å². The van der Waals surface area contributed by atoms with Gasteiger partial charge >= 0.3 is 0 Å². The molecule has 5 rings (SSSR count). The van der Waals surface area contributed by atoms with Crippen molar-refractivity contribution in [3.63, 3.8) is 0 Å². The highest BCUT2D eigenvalue weighted by atomic mass is 32.1. The zero-order chi connectivity index (χ0) is 18.4. The predicted octanol–water partition coefficient (Wildman–Crippen LogP) is 3.89. The number of nitrogens with zero attached hydrogens (tertiary/aromatic N) is 4. The Balaban J connectivity index is 1.42. The van der Waals surface area contributed by atoms with Crippen molar-refractivity contribution >= 4 is 38.9 Å². The number of carbonyl (C=O) groups is 1. The van der Waals surface area contributed by atoms with E-state index in [4.69, 9.17) is 0 Å². The number of aryl methyl sites for hydroxylation is 1. The van der Waals surface area contributed by atoms with E-state index in [-0.39, 0.29) is 5.91 Å². The first-order chi connectivity index (χ1) is 13.2. The van der Waals surface area contributed by atoms with Gasteiger partial charge in [0.05, 0.1) is 11.3 Å². The number of aromatic nitrogens is 5. The van der Waals surface area contributed by atoms with Gasteiger partial charge in [-0.05, 0) is 25.1 Å². The van der Waals surface area contributed by atoms with Crippen LogP contribution in [0, 0.1) is 6.92 Å². The van der Waals surface area contributed by atoms with Gasteiger partial charge in [0.1, 0.15) is 5.82 Å². The van der Waals surface area contributed by atoms with Crippen LogP contribution in [0.1, 0.15) is 16.2 Å². The van der Waals surface area contributed by atoms with Crippen molar-refractivity contribution in [2.24, 2.45) is 0 Å². The van der Waals surface area contributed by atoms with Gasteiger partial charge in [0.2, 0.25) is 0 Å². The fourth-order valence-corrected chi connectivity index (χ4v) is 3.75. The molecule has 0 fully saturated rings. The molecular formula is C19H14N6OS. The minimum absolute atomic E-state index is 0.218. The fourth-order valence-electron chi connectivity index (χ4n) is 3.05. The molecule has 1 aromatic carbocycles. The Morgan fingerprint density at radius 3 is 3.00 bits per heavy atom. The molecule has 4 aromatic heterocycles. The zero-order valence-electron chi connectivity index (χ0n) is 14.3. The Morgan fingerprint density at radius 2 is 2.07 bits per heavy atom. The average molecular weight is 374 g/mol. The molecule has 5 aromatic rings. The van der Waals surface area contributed by atoms with Gasteiger partial charge in [-0.3, -0.25) is 14.5 Å². The summed E-state index contributed by atoms with van der Waals surface area (Å²) >= 11 is 1.40. The number of amides is 1. The van der Waals surface area contributed by atoms with Crippen molar-refractivity contribution in [2.45, 2.75) is 6.92 Å². The van der Waals surface area contributed by atoms with E-state index in [1.54, 1.807) is 22.7 Å². The molecule has 7 nitrogen and oxygen atoms in total. The lowest BCUT2D eigenvalue weighted by Crippen LogP contribution is -2.12. The van der Waals surface area contributed by atoms with E-state index in [1.165, 1.54) is 11.3 Å². The molecule has 0 radical (unpaired) electrons. The molecule has 0 aliphatic carbocycles. The highest BCUT2D eigenvalue weighted by Crippen LogP contribution is 2.31. The van der Waals surface area contributed by atoms with Crippen LogP contribution in [0.2, 0.25) is 0 Å². The molecule has 0 saturated carbocycles. The van der Waals surface area contributed by atoms with Gasteiger partial charge < -0.3 is 4.98 Å². The standard InChI is InChI=1S/C19H14N6OS/c1-11-23-24-17-7-6-12(9-25(11)17)18(26)22-19-21-16(10-27-19)14-8-20-15-5-3-2-4-13(14)15/h2-10,20H,1H3,(H,21,22,26). The van der Waals surface area contributed by atoms with Crippen LogP contribution in [0.25, 0.3) is 27.8 Å². The van der Waals surface area contributed by atoms with E-state index in [9.17, 15) is 4.79 Å². The summed E-state index contributed by atoms with van der Waals surface area (Å²) < 4.78 is 1.79. The largest absolute Gasteiger partial charge is 0.360 e. The predicted molar refractivity (Wildman–Crippen MR) is 105 cm³/mol. The fraction of sp³-hybridized carbons (Fsp3) is 0.0526. The second kappa shape index (κ2) is 6.03. The Morgan fingerprint density at radius 1 is 1.19 bits per heavy atom. The van der Waals surface area contributed by atoms with E-state index in [2.05, 4.69) is 31.5 Å². The number of hydrogen-bond donors (Lipinski definition) is 2. The van der Waals surface area contributed by atoms with Crippen LogP contribution in [-0.4, -0.2) is 30.5 Å². The molecule has 0 saturated heterocycles. The third kappa shape index (κ3) is 2.67. The number of nitrogens with one attached hydrogen (secondary N) is 2. The number of benzene rings is 1. The van der Waals surface area contributed by atoms with E-state index in [0.29, 0.717) is 16.3 Å². The van der Waals surface area contributed by atoms with Gasteiger partial charge in [-0.15, -0.1) is 21.5 Å². The topological polar surface area (TPSA) is 88.0 Å². The van der Waals surface area contributed by atoms with Crippen molar-refractivity contribution in [1.29, 1.82) is 0 Å². The molecule has 1 amide bonds. The maximum absolute atomic E-state index is 12.6. The summed E-state index contributed by atoms with van der Waals surface area (Å²) in [7, 11) is 0. The van der Waals surface area contributed by atoms with Crippen molar-refractivity contribution < 1.29 is 4.79 Å². The summed E-state index contributed by atoms with van der Waals surface area (Å²) in [6.45, 7) is 1.84. The van der Waals surface area contributed by atoms with Crippen LogP contribution < -0.4 is 5.32 Å². The third-order valence-electron chi connectivity index (χ3n) is 4.42. The number of fused-ring (bicyclic) bond motifs is 2. The molecule has 2 N–H and O–H groups in total. The highest BCUT2D eigenvalue weighted by Gasteiger charge is 2.13. The summed E-state index contributed by atoms with van der Waals surface area (Å²) in [4.78, 5) is 20.4. The second-order valence-corrected chi connectivity index (χ2v) is 6.99. The molecule has 0 bridgehead atoms. The quantitative estimate of drug-likeness (QED) is 0.501. The number of hydrogen-bond acceptors (Lipinski definition) is 5. The molecule has 0 atom stereocenters. The van der Waals surface area contributed by atoms with Crippen molar-refractivity contribution in [3.05, 3.63) is 65.6 Å². The molecule has 0 aliphatic rings. The lowest BCUT2D eigenvalue weighted by atomic mass is 10.1. The number of aromatic amines is 1. The van der Waals surface area contributed by atoms with Gasteiger partial charge in [-0.1, -0.05) is 18.2 Å². The Labute approximate surface area is 157 Å². The number of para-hydroxylation sites is 1. The normalized spacial score (nSPS) is 11.3. The number of pyridine rings is 1.